The molecule has 1 aliphatic rings. The van der Waals surface area contributed by atoms with E-state index in [1.165, 1.54) is 12.1 Å². The van der Waals surface area contributed by atoms with Crippen LogP contribution in [0.15, 0.2) is 47.7 Å². The third-order valence-corrected chi connectivity index (χ3v) is 4.24. The Morgan fingerprint density at radius 2 is 1.77 bits per heavy atom. The number of benzene rings is 1. The highest BCUT2D eigenvalue weighted by Gasteiger charge is 2.20. The molecule has 1 aromatic carbocycles. The molecule has 0 atom stereocenters. The molecule has 0 radical (unpaired) electrons. The van der Waals surface area contributed by atoms with E-state index >= 15 is 0 Å². The zero-order valence-corrected chi connectivity index (χ0v) is 17.1. The summed E-state index contributed by atoms with van der Waals surface area (Å²) in [5, 5.41) is 3.39. The van der Waals surface area contributed by atoms with Gasteiger partial charge in [0.15, 0.2) is 5.96 Å². The average molecular weight is 470 g/mol. The maximum Gasteiger partial charge on any atom is 0.225 e. The van der Waals surface area contributed by atoms with Crippen molar-refractivity contribution in [2.24, 2.45) is 4.99 Å². The van der Waals surface area contributed by atoms with Crippen molar-refractivity contribution >= 4 is 35.9 Å². The molecule has 0 bridgehead atoms. The standard InChI is InChI=1S/C18H23FN6.HI/c1-20-17(23-10-7-15-3-5-16(19)6-4-15)24-11-13-25(14-12-24)18-21-8-2-9-22-18;/h2-6,8-9H,7,10-14H2,1H3,(H,20,23);1H. The Morgan fingerprint density at radius 3 is 2.38 bits per heavy atom. The van der Waals surface area contributed by atoms with Crippen LogP contribution in [0, 0.1) is 5.82 Å². The lowest BCUT2D eigenvalue weighted by Crippen LogP contribution is -2.53. The largest absolute Gasteiger partial charge is 0.356 e. The van der Waals surface area contributed by atoms with Gasteiger partial charge in [0, 0.05) is 52.2 Å². The average Bonchev–Trinajstić information content (AvgIpc) is 2.68. The highest BCUT2D eigenvalue weighted by molar-refractivity contribution is 14.0. The monoisotopic (exact) mass is 470 g/mol. The summed E-state index contributed by atoms with van der Waals surface area (Å²) >= 11 is 0. The molecule has 1 aromatic heterocycles. The first-order chi connectivity index (χ1) is 12.3. The number of nitrogens with one attached hydrogen (secondary N) is 1. The molecule has 6 nitrogen and oxygen atoms in total. The van der Waals surface area contributed by atoms with Crippen LogP contribution >= 0.6 is 24.0 Å². The fourth-order valence-electron chi connectivity index (χ4n) is 2.87. The van der Waals surface area contributed by atoms with Gasteiger partial charge in [0.2, 0.25) is 5.95 Å². The Bertz CT molecular complexity index is 687. The Kier molecular flexibility index (Phi) is 8.02. The van der Waals surface area contributed by atoms with Crippen LogP contribution in [0.3, 0.4) is 0 Å². The van der Waals surface area contributed by atoms with Gasteiger partial charge >= 0.3 is 0 Å². The maximum absolute atomic E-state index is 12.9. The molecule has 0 amide bonds. The van der Waals surface area contributed by atoms with E-state index in [0.717, 1.165) is 56.6 Å². The van der Waals surface area contributed by atoms with Crippen LogP contribution in [-0.4, -0.2) is 60.6 Å². The molecule has 0 aliphatic carbocycles. The molecule has 1 N–H and O–H groups in total. The number of aliphatic imine (C=N–C) groups is 1. The number of anilines is 1. The van der Waals surface area contributed by atoms with E-state index in [1.54, 1.807) is 19.4 Å². The fourth-order valence-corrected chi connectivity index (χ4v) is 2.87. The summed E-state index contributed by atoms with van der Waals surface area (Å²) in [5.74, 6) is 1.48. The number of guanidine groups is 1. The lowest BCUT2D eigenvalue weighted by atomic mass is 10.1. The predicted octanol–water partition coefficient (Wildman–Crippen LogP) is 2.17. The number of nitrogens with zero attached hydrogens (tertiary/aromatic N) is 5. The normalized spacial score (nSPS) is 14.8. The Balaban J connectivity index is 0.00000243. The molecule has 1 fully saturated rings. The minimum absolute atomic E-state index is 0. The van der Waals surface area contributed by atoms with Crippen molar-refractivity contribution in [2.75, 3.05) is 44.7 Å². The molecule has 2 aromatic rings. The van der Waals surface area contributed by atoms with Gasteiger partial charge in [-0.3, -0.25) is 4.99 Å². The highest BCUT2D eigenvalue weighted by atomic mass is 127. The molecule has 3 rings (SSSR count). The number of aromatic nitrogens is 2. The van der Waals surface area contributed by atoms with Gasteiger partial charge in [-0.05, 0) is 30.2 Å². The molecular formula is C18H24FIN6. The number of hydrogen-bond acceptors (Lipinski definition) is 4. The van der Waals surface area contributed by atoms with Gasteiger partial charge in [0.05, 0.1) is 0 Å². The number of rotatable bonds is 4. The highest BCUT2D eigenvalue weighted by Crippen LogP contribution is 2.10. The van der Waals surface area contributed by atoms with Crippen molar-refractivity contribution in [1.82, 2.24) is 20.2 Å². The molecule has 140 valence electrons. The first-order valence-corrected chi connectivity index (χ1v) is 8.48. The number of hydrogen-bond donors (Lipinski definition) is 1. The second-order valence-corrected chi connectivity index (χ2v) is 5.87. The van der Waals surface area contributed by atoms with Gasteiger partial charge in [-0.25, -0.2) is 14.4 Å². The molecule has 1 saturated heterocycles. The molecule has 2 heterocycles. The second kappa shape index (κ2) is 10.2. The van der Waals surface area contributed by atoms with E-state index in [0.29, 0.717) is 0 Å². The van der Waals surface area contributed by atoms with Crippen LogP contribution in [0.4, 0.5) is 10.3 Å². The summed E-state index contributed by atoms with van der Waals surface area (Å²) in [5.41, 5.74) is 1.11. The number of piperazine rings is 1. The van der Waals surface area contributed by atoms with Crippen molar-refractivity contribution in [3.05, 3.63) is 54.1 Å². The molecule has 8 heteroatoms. The van der Waals surface area contributed by atoms with Crippen LogP contribution < -0.4 is 10.2 Å². The van der Waals surface area contributed by atoms with E-state index in [9.17, 15) is 4.39 Å². The summed E-state index contributed by atoms with van der Waals surface area (Å²) in [6.07, 6.45) is 4.37. The minimum Gasteiger partial charge on any atom is -0.356 e. The summed E-state index contributed by atoms with van der Waals surface area (Å²) in [4.78, 5) is 17.4. The second-order valence-electron chi connectivity index (χ2n) is 5.87. The third kappa shape index (κ3) is 5.52. The van der Waals surface area contributed by atoms with Crippen LogP contribution in [-0.2, 0) is 6.42 Å². The van der Waals surface area contributed by atoms with E-state index < -0.39 is 0 Å². The number of halogens is 2. The van der Waals surface area contributed by atoms with Gasteiger partial charge in [-0.2, -0.15) is 0 Å². The zero-order chi connectivity index (χ0) is 17.5. The van der Waals surface area contributed by atoms with Crippen molar-refractivity contribution in [1.29, 1.82) is 0 Å². The van der Waals surface area contributed by atoms with Crippen molar-refractivity contribution in [2.45, 2.75) is 6.42 Å². The first-order valence-electron chi connectivity index (χ1n) is 8.48. The van der Waals surface area contributed by atoms with Gasteiger partial charge in [-0.1, -0.05) is 12.1 Å². The molecule has 0 saturated carbocycles. The van der Waals surface area contributed by atoms with E-state index in [4.69, 9.17) is 0 Å². The van der Waals surface area contributed by atoms with Crippen LogP contribution in [0.1, 0.15) is 5.56 Å². The molecule has 0 spiro atoms. The molecule has 26 heavy (non-hydrogen) atoms. The topological polar surface area (TPSA) is 56.7 Å². The van der Waals surface area contributed by atoms with Crippen LogP contribution in [0.25, 0.3) is 0 Å². The van der Waals surface area contributed by atoms with E-state index in [-0.39, 0.29) is 29.8 Å². The Hall–Kier alpha value is -1.97. The van der Waals surface area contributed by atoms with Crippen molar-refractivity contribution < 1.29 is 4.39 Å². The lowest BCUT2D eigenvalue weighted by Gasteiger charge is -2.36. The van der Waals surface area contributed by atoms with Gasteiger partial charge < -0.3 is 15.1 Å². The summed E-state index contributed by atoms with van der Waals surface area (Å²) in [7, 11) is 1.80. The third-order valence-electron chi connectivity index (χ3n) is 4.24. The summed E-state index contributed by atoms with van der Waals surface area (Å²) in [6, 6.07) is 8.45. The lowest BCUT2D eigenvalue weighted by molar-refractivity contribution is 0.370. The van der Waals surface area contributed by atoms with E-state index in [2.05, 4.69) is 30.1 Å². The minimum atomic E-state index is -0.201. The Labute approximate surface area is 170 Å². The quantitative estimate of drug-likeness (QED) is 0.422. The Morgan fingerprint density at radius 1 is 1.12 bits per heavy atom. The zero-order valence-electron chi connectivity index (χ0n) is 14.8. The van der Waals surface area contributed by atoms with Gasteiger partial charge in [-0.15, -0.1) is 24.0 Å². The van der Waals surface area contributed by atoms with Gasteiger partial charge in [0.25, 0.3) is 0 Å². The van der Waals surface area contributed by atoms with Crippen LogP contribution in [0.5, 0.6) is 0 Å². The summed E-state index contributed by atoms with van der Waals surface area (Å²) in [6.45, 7) is 4.23. The van der Waals surface area contributed by atoms with Crippen molar-refractivity contribution in [3.8, 4) is 0 Å². The summed E-state index contributed by atoms with van der Waals surface area (Å²) < 4.78 is 12.9. The SMILES string of the molecule is CN=C(NCCc1ccc(F)cc1)N1CCN(c2ncccn2)CC1.I. The first kappa shape index (κ1) is 20.3. The van der Waals surface area contributed by atoms with E-state index in [1.807, 2.05) is 18.2 Å². The van der Waals surface area contributed by atoms with Crippen LogP contribution in [0.2, 0.25) is 0 Å². The fraction of sp³-hybridized carbons (Fsp3) is 0.389. The van der Waals surface area contributed by atoms with Gasteiger partial charge in [0.1, 0.15) is 5.82 Å². The molecule has 0 unspecified atom stereocenters. The maximum atomic E-state index is 12.9. The molecular weight excluding hydrogens is 446 g/mol. The predicted molar refractivity (Wildman–Crippen MR) is 113 cm³/mol. The van der Waals surface area contributed by atoms with Crippen molar-refractivity contribution in [3.63, 3.8) is 0 Å². The smallest absolute Gasteiger partial charge is 0.225 e. The molecule has 1 aliphatic heterocycles.